The van der Waals surface area contributed by atoms with E-state index in [-0.39, 0.29) is 49.4 Å². The highest BCUT2D eigenvalue weighted by Gasteiger charge is 2.22. The Hall–Kier alpha value is -2.65. The van der Waals surface area contributed by atoms with E-state index in [4.69, 9.17) is 81.2 Å². The Morgan fingerprint density at radius 1 is 0.257 bits per heavy atom. The molecule has 0 spiro atoms. The minimum atomic E-state index is 0. The fourth-order valence-electron chi connectivity index (χ4n) is 6.92. The molecule has 0 nitrogen and oxygen atoms in total. The fraction of sp³-hybridized carbons (Fsp3) is 0.463. The predicted octanol–water partition coefficient (Wildman–Crippen LogP) is 25.6. The maximum atomic E-state index is 6.13. The van der Waals surface area contributed by atoms with Gasteiger partial charge in [0.25, 0.3) is 0 Å². The Kier molecular flexibility index (Phi) is 32.4. The minimum absolute atomic E-state index is 0. The van der Waals surface area contributed by atoms with Crippen molar-refractivity contribution in [2.45, 2.75) is 207 Å². The Morgan fingerprint density at radius 3 is 0.865 bits per heavy atom. The molecule has 414 valence electrons. The molecular formula is C67H97Cl7. The van der Waals surface area contributed by atoms with Gasteiger partial charge in [-0.25, -0.2) is 0 Å². The van der Waals surface area contributed by atoms with Gasteiger partial charge in [-0.05, 0) is 158 Å². The molecule has 0 amide bonds. The average molecular weight is 1150 g/mol. The topological polar surface area (TPSA) is 0 Å². The summed E-state index contributed by atoms with van der Waals surface area (Å²) in [4.78, 5) is 0. The van der Waals surface area contributed by atoms with Gasteiger partial charge in [0.1, 0.15) is 0 Å². The molecule has 0 N–H and O–H groups in total. The highest BCUT2D eigenvalue weighted by atomic mass is 35.5. The van der Waals surface area contributed by atoms with E-state index in [9.17, 15) is 0 Å². The molecule has 6 rings (SSSR count). The van der Waals surface area contributed by atoms with Crippen LogP contribution in [0.4, 0.5) is 0 Å². The van der Waals surface area contributed by atoms with Crippen molar-refractivity contribution in [2.75, 3.05) is 0 Å². The number of rotatable bonds is 0. The van der Waals surface area contributed by atoms with Gasteiger partial charge in [-0.2, -0.15) is 0 Å². The molecule has 0 saturated carbocycles. The van der Waals surface area contributed by atoms with Gasteiger partial charge in [0.2, 0.25) is 0 Å². The van der Waals surface area contributed by atoms with Crippen molar-refractivity contribution in [1.82, 2.24) is 0 Å². The molecule has 0 aliphatic rings. The van der Waals surface area contributed by atoms with E-state index in [1.54, 1.807) is 0 Å². The summed E-state index contributed by atoms with van der Waals surface area (Å²) in [7, 11) is 0. The normalized spacial score (nSPS) is 11.3. The quantitative estimate of drug-likeness (QED) is 0.142. The largest absolute Gasteiger partial charge is 0.0840 e. The number of halogens is 7. The second-order valence-electron chi connectivity index (χ2n) is 24.5. The minimum Gasteiger partial charge on any atom is -0.0840 e. The summed E-state index contributed by atoms with van der Waals surface area (Å²) in [5, 5.41) is 5.62. The van der Waals surface area contributed by atoms with Crippen LogP contribution in [0.2, 0.25) is 35.2 Å². The van der Waals surface area contributed by atoms with Gasteiger partial charge in [-0.3, -0.25) is 0 Å². The van der Waals surface area contributed by atoms with E-state index >= 15 is 0 Å². The molecule has 0 atom stereocenters. The summed E-state index contributed by atoms with van der Waals surface area (Å²) in [6.07, 6.45) is 0. The van der Waals surface area contributed by atoms with Gasteiger partial charge in [-0.1, -0.05) is 301 Å². The monoisotopic (exact) mass is 1150 g/mol. The van der Waals surface area contributed by atoms with Crippen LogP contribution in [0, 0.1) is 27.7 Å². The molecule has 0 bridgehead atoms. The molecule has 0 saturated heterocycles. The van der Waals surface area contributed by atoms with Crippen molar-refractivity contribution in [3.63, 3.8) is 0 Å². The molecule has 0 unspecified atom stereocenters. The molecule has 0 aliphatic carbocycles. The van der Waals surface area contributed by atoms with Gasteiger partial charge in [0.15, 0.2) is 0 Å². The van der Waals surface area contributed by atoms with Crippen molar-refractivity contribution in [3.8, 4) is 0 Å². The van der Waals surface area contributed by atoms with Gasteiger partial charge in [0, 0.05) is 35.2 Å². The van der Waals surface area contributed by atoms with E-state index in [2.05, 4.69) is 210 Å². The van der Waals surface area contributed by atoms with Crippen LogP contribution in [0.5, 0.6) is 0 Å². The Balaban J connectivity index is -0.000000812. The molecule has 0 aromatic heterocycles. The fourth-order valence-corrected chi connectivity index (χ4v) is 9.92. The first kappa shape index (κ1) is 75.6. The highest BCUT2D eigenvalue weighted by molar-refractivity contribution is 6.37. The second kappa shape index (κ2) is 31.7. The summed E-state index contributed by atoms with van der Waals surface area (Å²) in [5.74, 6) is 0. The Bertz CT molecular complexity index is 2480. The molecule has 7 heteroatoms. The van der Waals surface area contributed by atoms with Crippen LogP contribution in [-0.2, 0) is 32.5 Å². The van der Waals surface area contributed by atoms with E-state index in [0.717, 1.165) is 63.0 Å². The van der Waals surface area contributed by atoms with Crippen LogP contribution >= 0.6 is 81.2 Å². The zero-order chi connectivity index (χ0) is 55.2. The summed E-state index contributed by atoms with van der Waals surface area (Å²) < 4.78 is 0. The molecule has 0 fully saturated rings. The predicted molar refractivity (Wildman–Crippen MR) is 345 cm³/mol. The SMILES string of the molecule is C.C.C.CC(C)(C)c1c(Cl)cccc1Cl.CC(C)(C)c1ccccc1.Cc1cc(Cl)c(C(C)(C)C)c(Cl)c1.Cc1ccc(C(C)(C)C)c(Cl)c1.Cc1ccc(C(C)(C)C)cc1Cl.Cc1ccc(C(C)(C)C)cc1Cl. The zero-order valence-electron chi connectivity index (χ0n) is 47.1. The van der Waals surface area contributed by atoms with Crippen molar-refractivity contribution >= 4 is 81.2 Å². The molecule has 0 radical (unpaired) electrons. The number of aryl methyl sites for hydroxylation is 4. The molecule has 0 heterocycles. The van der Waals surface area contributed by atoms with Crippen molar-refractivity contribution in [3.05, 3.63) is 206 Å². The van der Waals surface area contributed by atoms with Gasteiger partial charge >= 0.3 is 0 Å². The van der Waals surface area contributed by atoms with Crippen molar-refractivity contribution < 1.29 is 0 Å². The lowest BCUT2D eigenvalue weighted by molar-refractivity contribution is 0.590. The number of benzene rings is 6. The summed E-state index contributed by atoms with van der Waals surface area (Å²) in [5.41, 5.74) is 12.7. The van der Waals surface area contributed by atoms with Gasteiger partial charge in [0.05, 0.1) is 0 Å². The van der Waals surface area contributed by atoms with Crippen LogP contribution in [0.3, 0.4) is 0 Å². The number of hydrogen-bond acceptors (Lipinski definition) is 0. The molecule has 74 heavy (non-hydrogen) atoms. The first-order chi connectivity index (χ1) is 32.1. The third-order valence-corrected chi connectivity index (χ3v) is 13.7. The molecule has 6 aromatic carbocycles. The average Bonchev–Trinajstić information content (AvgIpc) is 3.18. The van der Waals surface area contributed by atoms with E-state index in [1.807, 2.05) is 57.2 Å². The van der Waals surface area contributed by atoms with E-state index < -0.39 is 0 Å². The van der Waals surface area contributed by atoms with Crippen molar-refractivity contribution in [2.24, 2.45) is 0 Å². The molecule has 0 aliphatic heterocycles. The second-order valence-corrected chi connectivity index (χ2v) is 27.3. The first-order valence-corrected chi connectivity index (χ1v) is 27.0. The van der Waals surface area contributed by atoms with E-state index in [0.29, 0.717) is 5.41 Å². The highest BCUT2D eigenvalue weighted by Crippen LogP contribution is 2.37. The van der Waals surface area contributed by atoms with Crippen molar-refractivity contribution in [1.29, 1.82) is 0 Å². The lowest BCUT2D eigenvalue weighted by Crippen LogP contribution is -2.12. The maximum absolute atomic E-state index is 6.13. The Morgan fingerprint density at radius 2 is 0.595 bits per heavy atom. The van der Waals surface area contributed by atoms with Crippen LogP contribution in [0.25, 0.3) is 0 Å². The zero-order valence-corrected chi connectivity index (χ0v) is 52.4. The molecular weight excluding hydrogens is 1050 g/mol. The van der Waals surface area contributed by atoms with Gasteiger partial charge in [-0.15, -0.1) is 0 Å². The summed E-state index contributed by atoms with van der Waals surface area (Å²) in [6, 6.07) is 38.8. The van der Waals surface area contributed by atoms with Crippen LogP contribution in [0.15, 0.2) is 115 Å². The maximum Gasteiger partial charge on any atom is 0.0460 e. The summed E-state index contributed by atoms with van der Waals surface area (Å²) >= 11 is 42.5. The van der Waals surface area contributed by atoms with Crippen LogP contribution in [-0.4, -0.2) is 0 Å². The molecule has 6 aromatic rings. The Labute approximate surface area is 490 Å². The lowest BCUT2D eigenvalue weighted by Gasteiger charge is -2.22. The third-order valence-electron chi connectivity index (χ3n) is 11.3. The summed E-state index contributed by atoms with van der Waals surface area (Å²) in [6.45, 7) is 47.0. The first-order valence-electron chi connectivity index (χ1n) is 24.3. The third kappa shape index (κ3) is 26.6. The number of hydrogen-bond donors (Lipinski definition) is 0. The lowest BCUT2D eigenvalue weighted by atomic mass is 9.86. The standard InChI is InChI=1S/C11H14Cl2.3C11H15Cl.C10H12Cl2.C10H14.3CH4/c1-7-5-8(12)10(9(13)6-7)11(2,3)4;2*1-8-5-6-9(7-10(8)12)11(2,3)4;1-8-5-6-9(10(12)7-8)11(2,3)4;1-10(2,3)9-7(11)5-4-6-8(9)12;1-10(2,3)9-7-5-4-6-8-9;;;/h5-6H,1-4H3;3*5-7H,1-4H3;4-6H,1-3H3;4-8H,1-3H3;3*1H4. The smallest absolute Gasteiger partial charge is 0.0460 e. The van der Waals surface area contributed by atoms with Gasteiger partial charge < -0.3 is 0 Å². The van der Waals surface area contributed by atoms with Crippen LogP contribution < -0.4 is 0 Å². The van der Waals surface area contributed by atoms with E-state index in [1.165, 1.54) is 27.8 Å². The van der Waals surface area contributed by atoms with Crippen LogP contribution in [0.1, 0.15) is 203 Å².